The minimum atomic E-state index is -0.00115. The maximum atomic E-state index is 5.63. The molecular formula is C25H26N4O2S. The zero-order valence-corrected chi connectivity index (χ0v) is 19.3. The smallest absolute Gasteiger partial charge is 0.231 e. The van der Waals surface area contributed by atoms with Crippen LogP contribution in [0.15, 0.2) is 53.7 Å². The highest BCUT2D eigenvalue weighted by molar-refractivity contribution is 8.14. The third kappa shape index (κ3) is 2.94. The zero-order valence-electron chi connectivity index (χ0n) is 18.5. The third-order valence-electron chi connectivity index (χ3n) is 6.73. The lowest BCUT2D eigenvalue weighted by Gasteiger charge is -2.32. The molecule has 0 N–H and O–H groups in total. The Labute approximate surface area is 192 Å². The lowest BCUT2D eigenvalue weighted by molar-refractivity contribution is 0.174. The number of aliphatic imine (C=N–C) groups is 1. The van der Waals surface area contributed by atoms with Crippen molar-refractivity contribution in [3.63, 3.8) is 0 Å². The predicted octanol–water partition coefficient (Wildman–Crippen LogP) is 5.20. The number of aryl methyl sites for hydroxylation is 1. The molecule has 5 heterocycles. The van der Waals surface area contributed by atoms with Gasteiger partial charge in [0.25, 0.3) is 0 Å². The maximum absolute atomic E-state index is 5.63. The van der Waals surface area contributed by atoms with Gasteiger partial charge in [-0.3, -0.25) is 9.98 Å². The summed E-state index contributed by atoms with van der Waals surface area (Å²) < 4.78 is 13.5. The van der Waals surface area contributed by atoms with Crippen molar-refractivity contribution in [3.8, 4) is 17.2 Å². The van der Waals surface area contributed by atoms with Crippen molar-refractivity contribution in [2.24, 2.45) is 4.99 Å². The van der Waals surface area contributed by atoms with E-state index in [9.17, 15) is 0 Å². The highest BCUT2D eigenvalue weighted by Crippen LogP contribution is 2.50. The van der Waals surface area contributed by atoms with Gasteiger partial charge in [-0.25, -0.2) is 0 Å². The number of benzene rings is 1. The molecule has 0 unspecified atom stereocenters. The molecule has 0 aliphatic carbocycles. The highest BCUT2D eigenvalue weighted by atomic mass is 32.2. The molecule has 3 atom stereocenters. The molecule has 2 aromatic heterocycles. The van der Waals surface area contributed by atoms with Crippen LogP contribution in [0, 0.1) is 13.8 Å². The fourth-order valence-electron chi connectivity index (χ4n) is 5.20. The first-order chi connectivity index (χ1) is 15.7. The van der Waals surface area contributed by atoms with Crippen LogP contribution in [0.5, 0.6) is 11.5 Å². The first-order valence-electron chi connectivity index (χ1n) is 11.1. The van der Waals surface area contributed by atoms with Gasteiger partial charge in [-0.1, -0.05) is 24.8 Å². The minimum absolute atomic E-state index is 0.00115. The van der Waals surface area contributed by atoms with E-state index in [0.717, 1.165) is 40.2 Å². The summed E-state index contributed by atoms with van der Waals surface area (Å²) in [5, 5.41) is 1.16. The van der Waals surface area contributed by atoms with Crippen molar-refractivity contribution in [2.75, 3.05) is 12.5 Å². The van der Waals surface area contributed by atoms with Crippen LogP contribution in [0.3, 0.4) is 0 Å². The molecule has 3 aliphatic heterocycles. The van der Waals surface area contributed by atoms with Crippen LogP contribution in [0.25, 0.3) is 5.69 Å². The molecule has 1 fully saturated rings. The van der Waals surface area contributed by atoms with Crippen LogP contribution in [0.2, 0.25) is 0 Å². The summed E-state index contributed by atoms with van der Waals surface area (Å²) in [5.41, 5.74) is 5.87. The topological polar surface area (TPSA) is 51.9 Å². The monoisotopic (exact) mass is 446 g/mol. The molecular weight excluding hydrogens is 420 g/mol. The highest BCUT2D eigenvalue weighted by Gasteiger charge is 2.46. The van der Waals surface area contributed by atoms with Crippen LogP contribution in [0.1, 0.15) is 48.1 Å². The molecule has 0 radical (unpaired) electrons. The number of aromatic nitrogens is 2. The van der Waals surface area contributed by atoms with Gasteiger partial charge >= 0.3 is 0 Å². The summed E-state index contributed by atoms with van der Waals surface area (Å²) in [6.07, 6.45) is 2.98. The van der Waals surface area contributed by atoms with Crippen LogP contribution in [-0.4, -0.2) is 38.2 Å². The summed E-state index contributed by atoms with van der Waals surface area (Å²) in [4.78, 5) is 12.4. The molecule has 1 aromatic carbocycles. The molecule has 0 saturated carbocycles. The van der Waals surface area contributed by atoms with E-state index in [0.29, 0.717) is 6.04 Å². The van der Waals surface area contributed by atoms with Gasteiger partial charge in [-0.2, -0.15) is 0 Å². The number of hydrogen-bond acceptors (Lipinski definition) is 6. The number of nitrogens with zero attached hydrogens (tertiary/aromatic N) is 4. The van der Waals surface area contributed by atoms with E-state index in [4.69, 9.17) is 19.5 Å². The molecule has 0 spiro atoms. The van der Waals surface area contributed by atoms with E-state index in [-0.39, 0.29) is 18.9 Å². The van der Waals surface area contributed by atoms with Crippen LogP contribution in [0.4, 0.5) is 0 Å². The largest absolute Gasteiger partial charge is 0.454 e. The van der Waals surface area contributed by atoms with Crippen molar-refractivity contribution < 1.29 is 9.47 Å². The Morgan fingerprint density at radius 2 is 1.97 bits per heavy atom. The Balaban J connectivity index is 1.47. The van der Waals surface area contributed by atoms with E-state index in [2.05, 4.69) is 60.6 Å². The fourth-order valence-corrected chi connectivity index (χ4v) is 6.53. The Bertz CT molecular complexity index is 1210. The van der Waals surface area contributed by atoms with E-state index < -0.39 is 0 Å². The SMILES string of the molecule is CC[C@@H]1CSC2=N[C@@H](c3ccccn3)[C@H](c3cc(C)n(-c4ccc5c(c4)OCO5)c3C)N21. The Morgan fingerprint density at radius 3 is 2.78 bits per heavy atom. The van der Waals surface area contributed by atoms with Gasteiger partial charge in [-0.15, -0.1) is 0 Å². The van der Waals surface area contributed by atoms with Crippen LogP contribution >= 0.6 is 11.8 Å². The first kappa shape index (κ1) is 19.7. The normalized spacial score (nSPS) is 23.5. The van der Waals surface area contributed by atoms with E-state index in [1.807, 2.05) is 30.1 Å². The zero-order chi connectivity index (χ0) is 21.8. The summed E-state index contributed by atoms with van der Waals surface area (Å²) >= 11 is 1.88. The molecule has 32 heavy (non-hydrogen) atoms. The van der Waals surface area contributed by atoms with Crippen molar-refractivity contribution in [1.82, 2.24) is 14.5 Å². The van der Waals surface area contributed by atoms with E-state index in [1.165, 1.54) is 17.0 Å². The summed E-state index contributed by atoms with van der Waals surface area (Å²) in [7, 11) is 0. The molecule has 1 saturated heterocycles. The van der Waals surface area contributed by atoms with Gasteiger partial charge in [0.2, 0.25) is 6.79 Å². The molecule has 3 aliphatic rings. The average Bonchev–Trinajstić information content (AvgIpc) is 3.57. The lowest BCUT2D eigenvalue weighted by Crippen LogP contribution is -2.35. The van der Waals surface area contributed by atoms with Crippen molar-refractivity contribution in [1.29, 1.82) is 0 Å². The number of fused-ring (bicyclic) bond motifs is 2. The van der Waals surface area contributed by atoms with Gasteiger partial charge in [0.05, 0.1) is 11.7 Å². The molecule has 3 aromatic rings. The number of amidine groups is 1. The molecule has 6 rings (SSSR count). The number of hydrogen-bond donors (Lipinski definition) is 0. The van der Waals surface area contributed by atoms with Crippen molar-refractivity contribution in [2.45, 2.75) is 45.3 Å². The lowest BCUT2D eigenvalue weighted by atomic mass is 9.95. The second kappa shape index (κ2) is 7.59. The summed E-state index contributed by atoms with van der Waals surface area (Å²) in [6, 6.07) is 15.3. The molecule has 6 nitrogen and oxygen atoms in total. The quantitative estimate of drug-likeness (QED) is 0.552. The molecule has 0 amide bonds. The van der Waals surface area contributed by atoms with Gasteiger partial charge in [0.1, 0.15) is 6.04 Å². The Morgan fingerprint density at radius 1 is 1.09 bits per heavy atom. The minimum Gasteiger partial charge on any atom is -0.454 e. The van der Waals surface area contributed by atoms with Gasteiger partial charge < -0.3 is 18.9 Å². The van der Waals surface area contributed by atoms with Crippen molar-refractivity contribution in [3.05, 3.63) is 71.3 Å². The number of pyridine rings is 1. The van der Waals surface area contributed by atoms with Crippen molar-refractivity contribution >= 4 is 16.9 Å². The molecule has 7 heteroatoms. The Kier molecular flexibility index (Phi) is 4.68. The number of rotatable bonds is 4. The summed E-state index contributed by atoms with van der Waals surface area (Å²) in [5.74, 6) is 2.71. The molecule has 0 bridgehead atoms. The number of ether oxygens (including phenoxy) is 2. The van der Waals surface area contributed by atoms with Gasteiger partial charge in [0.15, 0.2) is 16.7 Å². The van der Waals surface area contributed by atoms with E-state index >= 15 is 0 Å². The third-order valence-corrected chi connectivity index (χ3v) is 7.86. The molecule has 164 valence electrons. The van der Waals surface area contributed by atoms with Crippen LogP contribution in [-0.2, 0) is 0 Å². The Hall–Kier alpha value is -2.93. The second-order valence-corrected chi connectivity index (χ2v) is 9.52. The van der Waals surface area contributed by atoms with E-state index in [1.54, 1.807) is 0 Å². The standard InChI is InChI=1S/C25H26N4O2S/c1-4-17-13-32-25-27-23(20-7-5-6-10-26-20)24(29(17)25)19-11-15(2)28(16(19)3)18-8-9-21-22(12-18)31-14-30-21/h5-12,17,23-24H,4,13-14H2,1-3H3/t17-,23+,24+/m1/s1. The van der Waals surface area contributed by atoms with Gasteiger partial charge in [0, 0.05) is 41.1 Å². The number of thioether (sulfide) groups is 1. The fraction of sp³-hybridized carbons (Fsp3) is 0.360. The first-order valence-corrected chi connectivity index (χ1v) is 12.1. The van der Waals surface area contributed by atoms with Crippen LogP contribution < -0.4 is 9.47 Å². The predicted molar refractivity (Wildman–Crippen MR) is 127 cm³/mol. The van der Waals surface area contributed by atoms with Gasteiger partial charge in [-0.05, 0) is 56.2 Å². The second-order valence-electron chi connectivity index (χ2n) is 8.54. The summed E-state index contributed by atoms with van der Waals surface area (Å²) in [6.45, 7) is 6.94. The maximum Gasteiger partial charge on any atom is 0.231 e. The average molecular weight is 447 g/mol.